The zero-order valence-corrected chi connectivity index (χ0v) is 12.3. The molecule has 1 heterocycles. The van der Waals surface area contributed by atoms with Crippen molar-refractivity contribution in [3.63, 3.8) is 0 Å². The van der Waals surface area contributed by atoms with Gasteiger partial charge in [0.2, 0.25) is 0 Å². The molecular weight excluding hydrogens is 266 g/mol. The van der Waals surface area contributed by atoms with Crippen LogP contribution in [0.4, 0.5) is 5.82 Å². The molecule has 0 amide bonds. The van der Waals surface area contributed by atoms with Gasteiger partial charge in [0.1, 0.15) is 11.6 Å². The van der Waals surface area contributed by atoms with E-state index in [0.29, 0.717) is 18.5 Å². The SMILES string of the molecule is CCc1cc(NCCc2ccccc2C(=O)O)nc(C)n1. The van der Waals surface area contributed by atoms with Gasteiger partial charge >= 0.3 is 5.97 Å². The molecular formula is C16H19N3O2. The fourth-order valence-electron chi connectivity index (χ4n) is 2.17. The standard InChI is InChI=1S/C16H19N3O2/c1-3-13-10-15(19-11(2)18-13)17-9-8-12-6-4-5-7-14(12)16(20)21/h4-7,10H,3,8-9H2,1-2H3,(H,20,21)(H,17,18,19). The van der Waals surface area contributed by atoms with Gasteiger partial charge in [0.25, 0.3) is 0 Å². The predicted octanol–water partition coefficient (Wildman–Crippen LogP) is 2.70. The van der Waals surface area contributed by atoms with Crippen LogP contribution in [0.2, 0.25) is 0 Å². The van der Waals surface area contributed by atoms with Gasteiger partial charge in [-0.05, 0) is 31.4 Å². The number of carboxylic acid groups (broad SMARTS) is 1. The molecule has 0 aliphatic carbocycles. The number of rotatable bonds is 6. The molecule has 0 bridgehead atoms. The lowest BCUT2D eigenvalue weighted by Gasteiger charge is -2.09. The highest BCUT2D eigenvalue weighted by molar-refractivity contribution is 5.89. The molecule has 2 rings (SSSR count). The molecule has 1 aromatic carbocycles. The molecule has 2 N–H and O–H groups in total. The zero-order chi connectivity index (χ0) is 15.2. The average Bonchev–Trinajstić information content (AvgIpc) is 2.47. The van der Waals surface area contributed by atoms with Crippen molar-refractivity contribution in [2.24, 2.45) is 0 Å². The summed E-state index contributed by atoms with van der Waals surface area (Å²) in [7, 11) is 0. The summed E-state index contributed by atoms with van der Waals surface area (Å²) in [6.07, 6.45) is 1.49. The van der Waals surface area contributed by atoms with Crippen molar-refractivity contribution >= 4 is 11.8 Å². The third kappa shape index (κ3) is 4.02. The molecule has 2 aromatic rings. The molecule has 0 saturated heterocycles. The highest BCUT2D eigenvalue weighted by Crippen LogP contribution is 2.11. The molecule has 21 heavy (non-hydrogen) atoms. The monoisotopic (exact) mass is 285 g/mol. The maximum absolute atomic E-state index is 11.1. The molecule has 1 aromatic heterocycles. The molecule has 0 fully saturated rings. The van der Waals surface area contributed by atoms with Gasteiger partial charge in [0.15, 0.2) is 0 Å². The first kappa shape index (κ1) is 15.0. The second-order valence-corrected chi connectivity index (χ2v) is 4.78. The summed E-state index contributed by atoms with van der Waals surface area (Å²) in [5.74, 6) is 0.631. The quantitative estimate of drug-likeness (QED) is 0.853. The van der Waals surface area contributed by atoms with E-state index in [1.807, 2.05) is 25.1 Å². The maximum Gasteiger partial charge on any atom is 0.335 e. The van der Waals surface area contributed by atoms with Crippen molar-refractivity contribution < 1.29 is 9.90 Å². The Labute approximate surface area is 124 Å². The second kappa shape index (κ2) is 6.83. The van der Waals surface area contributed by atoms with Crippen LogP contribution in [0.5, 0.6) is 0 Å². The lowest BCUT2D eigenvalue weighted by Crippen LogP contribution is -2.11. The summed E-state index contributed by atoms with van der Waals surface area (Å²) >= 11 is 0. The minimum absolute atomic E-state index is 0.354. The van der Waals surface area contributed by atoms with Gasteiger partial charge in [-0.2, -0.15) is 0 Å². The Bertz CT molecular complexity index is 641. The number of carboxylic acids is 1. The summed E-state index contributed by atoms with van der Waals surface area (Å²) in [6, 6.07) is 8.99. The Morgan fingerprint density at radius 2 is 2.05 bits per heavy atom. The van der Waals surface area contributed by atoms with Crippen molar-refractivity contribution in [1.29, 1.82) is 0 Å². The van der Waals surface area contributed by atoms with Crippen molar-refractivity contribution in [3.8, 4) is 0 Å². The number of aromatic nitrogens is 2. The molecule has 5 heteroatoms. The van der Waals surface area contributed by atoms with Crippen molar-refractivity contribution in [2.75, 3.05) is 11.9 Å². The first-order chi connectivity index (χ1) is 10.1. The van der Waals surface area contributed by atoms with Gasteiger partial charge in [-0.1, -0.05) is 25.1 Å². The number of hydrogen-bond donors (Lipinski definition) is 2. The number of benzene rings is 1. The molecule has 5 nitrogen and oxygen atoms in total. The van der Waals surface area contributed by atoms with Gasteiger partial charge < -0.3 is 10.4 Å². The number of hydrogen-bond acceptors (Lipinski definition) is 4. The Balaban J connectivity index is 2.02. The summed E-state index contributed by atoms with van der Waals surface area (Å²) < 4.78 is 0. The van der Waals surface area contributed by atoms with Gasteiger partial charge in [-0.3, -0.25) is 0 Å². The van der Waals surface area contributed by atoms with Gasteiger partial charge in [-0.25, -0.2) is 14.8 Å². The van der Waals surface area contributed by atoms with Crippen LogP contribution in [-0.4, -0.2) is 27.6 Å². The van der Waals surface area contributed by atoms with E-state index in [1.54, 1.807) is 12.1 Å². The number of aromatic carboxylic acids is 1. The summed E-state index contributed by atoms with van der Waals surface area (Å²) in [5.41, 5.74) is 2.17. The first-order valence-electron chi connectivity index (χ1n) is 6.99. The summed E-state index contributed by atoms with van der Waals surface area (Å²) in [6.45, 7) is 4.54. The van der Waals surface area contributed by atoms with E-state index in [1.165, 1.54) is 0 Å². The first-order valence-corrected chi connectivity index (χ1v) is 6.99. The minimum atomic E-state index is -0.892. The Morgan fingerprint density at radius 1 is 1.29 bits per heavy atom. The number of nitrogens with one attached hydrogen (secondary N) is 1. The maximum atomic E-state index is 11.1. The fourth-order valence-corrected chi connectivity index (χ4v) is 2.17. The molecule has 0 aliphatic heterocycles. The lowest BCUT2D eigenvalue weighted by atomic mass is 10.0. The van der Waals surface area contributed by atoms with Gasteiger partial charge in [-0.15, -0.1) is 0 Å². The van der Waals surface area contributed by atoms with E-state index in [0.717, 1.165) is 29.3 Å². The molecule has 0 unspecified atom stereocenters. The van der Waals surface area contributed by atoms with E-state index in [4.69, 9.17) is 5.11 Å². The zero-order valence-electron chi connectivity index (χ0n) is 12.3. The van der Waals surface area contributed by atoms with Crippen LogP contribution < -0.4 is 5.32 Å². The normalized spacial score (nSPS) is 10.4. The molecule has 0 radical (unpaired) electrons. The Morgan fingerprint density at radius 3 is 2.76 bits per heavy atom. The largest absolute Gasteiger partial charge is 0.478 e. The van der Waals surface area contributed by atoms with Crippen LogP contribution in [-0.2, 0) is 12.8 Å². The third-order valence-corrected chi connectivity index (χ3v) is 3.20. The van der Waals surface area contributed by atoms with Crippen molar-refractivity contribution in [2.45, 2.75) is 26.7 Å². The molecule has 110 valence electrons. The van der Waals surface area contributed by atoms with Crippen LogP contribution in [0.1, 0.15) is 34.4 Å². The van der Waals surface area contributed by atoms with E-state index in [9.17, 15) is 4.79 Å². The fraction of sp³-hybridized carbons (Fsp3) is 0.312. The van der Waals surface area contributed by atoms with E-state index < -0.39 is 5.97 Å². The molecule has 0 saturated carbocycles. The Hall–Kier alpha value is -2.43. The molecule has 0 aliphatic rings. The van der Waals surface area contributed by atoms with E-state index in [-0.39, 0.29) is 0 Å². The predicted molar refractivity (Wildman–Crippen MR) is 81.7 cm³/mol. The van der Waals surface area contributed by atoms with Crippen molar-refractivity contribution in [3.05, 3.63) is 53.0 Å². The third-order valence-electron chi connectivity index (χ3n) is 3.20. The van der Waals surface area contributed by atoms with Crippen LogP contribution in [0, 0.1) is 6.92 Å². The number of carbonyl (C=O) groups is 1. The lowest BCUT2D eigenvalue weighted by molar-refractivity contribution is 0.0695. The van der Waals surface area contributed by atoms with Crippen LogP contribution in [0.15, 0.2) is 30.3 Å². The average molecular weight is 285 g/mol. The highest BCUT2D eigenvalue weighted by atomic mass is 16.4. The number of aryl methyl sites for hydroxylation is 2. The Kier molecular flexibility index (Phi) is 4.87. The van der Waals surface area contributed by atoms with E-state index in [2.05, 4.69) is 22.2 Å². The summed E-state index contributed by atoms with van der Waals surface area (Å²) in [5, 5.41) is 12.4. The van der Waals surface area contributed by atoms with Gasteiger partial charge in [0.05, 0.1) is 5.56 Å². The van der Waals surface area contributed by atoms with Crippen LogP contribution in [0.3, 0.4) is 0 Å². The van der Waals surface area contributed by atoms with Crippen molar-refractivity contribution in [1.82, 2.24) is 9.97 Å². The van der Waals surface area contributed by atoms with Crippen LogP contribution in [0.25, 0.3) is 0 Å². The number of nitrogens with zero attached hydrogens (tertiary/aromatic N) is 2. The van der Waals surface area contributed by atoms with Crippen LogP contribution >= 0.6 is 0 Å². The topological polar surface area (TPSA) is 75.1 Å². The second-order valence-electron chi connectivity index (χ2n) is 4.78. The molecule has 0 spiro atoms. The smallest absolute Gasteiger partial charge is 0.335 e. The summed E-state index contributed by atoms with van der Waals surface area (Å²) in [4.78, 5) is 19.8. The van der Waals surface area contributed by atoms with E-state index >= 15 is 0 Å². The van der Waals surface area contributed by atoms with Gasteiger partial charge in [0, 0.05) is 18.3 Å². The molecule has 0 atom stereocenters. The number of anilines is 1. The highest BCUT2D eigenvalue weighted by Gasteiger charge is 2.08. The minimum Gasteiger partial charge on any atom is -0.478 e.